The van der Waals surface area contributed by atoms with Crippen LogP contribution < -0.4 is 0 Å². The van der Waals surface area contributed by atoms with Gasteiger partial charge in [-0.1, -0.05) is 18.9 Å². The lowest BCUT2D eigenvalue weighted by molar-refractivity contribution is 0.464. The van der Waals surface area contributed by atoms with Gasteiger partial charge in [-0.25, -0.2) is 8.42 Å². The first-order chi connectivity index (χ1) is 8.61. The minimum absolute atomic E-state index is 0.0484. The molecule has 0 fully saturated rings. The highest BCUT2D eigenvalue weighted by atomic mass is 32.2. The van der Waals surface area contributed by atoms with Crippen molar-refractivity contribution in [3.8, 4) is 12.3 Å². The summed E-state index contributed by atoms with van der Waals surface area (Å²) in [6, 6.07) is 4.91. The van der Waals surface area contributed by atoms with Gasteiger partial charge < -0.3 is 0 Å². The fourth-order valence-electron chi connectivity index (χ4n) is 1.60. The smallest absolute Gasteiger partial charge is 0.207 e. The van der Waals surface area contributed by atoms with Crippen molar-refractivity contribution in [3.63, 3.8) is 0 Å². The maximum absolute atomic E-state index is 12.4. The Kier molecular flexibility index (Phi) is 3.61. The Labute approximate surface area is 110 Å². The summed E-state index contributed by atoms with van der Waals surface area (Å²) in [7, 11) is -3.61. The summed E-state index contributed by atoms with van der Waals surface area (Å²) in [6.07, 6.45) is 5.19. The topological polar surface area (TPSA) is 62.1 Å². The van der Waals surface area contributed by atoms with Crippen LogP contribution >= 0.6 is 0 Å². The number of fused-ring (bicyclic) bond motifs is 1. The Hall–Kier alpha value is -1.49. The molecular weight excluding hydrogens is 270 g/mol. The molecule has 1 aliphatic heterocycles. The van der Waals surface area contributed by atoms with Crippen molar-refractivity contribution in [1.82, 2.24) is 4.31 Å². The van der Waals surface area contributed by atoms with Crippen molar-refractivity contribution >= 4 is 32.8 Å². The Morgan fingerprint density at radius 1 is 1.44 bits per heavy atom. The third-order valence-electron chi connectivity index (χ3n) is 2.49. The zero-order valence-electron chi connectivity index (χ0n) is 9.70. The van der Waals surface area contributed by atoms with Gasteiger partial charge in [0.2, 0.25) is 10.0 Å². The standard InChI is InChI=1S/C11H11N3O2S2/c1-3-8-14(4-2)18(15,16)10-7-5-6-9-11(10)13-17-12-9/h1,5-7H,4,8H2,2H3. The number of terminal acetylenes is 1. The number of hydrogen-bond acceptors (Lipinski definition) is 4. The maximum atomic E-state index is 12.4. The van der Waals surface area contributed by atoms with Crippen LogP contribution in [0.4, 0.5) is 11.4 Å². The summed E-state index contributed by atoms with van der Waals surface area (Å²) in [5, 5.41) is 0. The highest BCUT2D eigenvalue weighted by molar-refractivity contribution is 7.89. The van der Waals surface area contributed by atoms with E-state index in [0.717, 1.165) is 11.4 Å². The Bertz CT molecular complexity index is 683. The molecule has 1 aromatic rings. The monoisotopic (exact) mass is 281 g/mol. The van der Waals surface area contributed by atoms with Crippen LogP contribution in [0.3, 0.4) is 0 Å². The summed E-state index contributed by atoms with van der Waals surface area (Å²) in [5.41, 5.74) is 0.982. The van der Waals surface area contributed by atoms with Crippen molar-refractivity contribution in [3.05, 3.63) is 18.2 Å². The largest absolute Gasteiger partial charge is 0.246 e. The van der Waals surface area contributed by atoms with E-state index in [4.69, 9.17) is 6.42 Å². The van der Waals surface area contributed by atoms with Gasteiger partial charge in [0.15, 0.2) is 0 Å². The second kappa shape index (κ2) is 5.02. The summed E-state index contributed by atoms with van der Waals surface area (Å²) in [4.78, 5) is 0.158. The summed E-state index contributed by atoms with van der Waals surface area (Å²) >= 11 is 0.993. The molecule has 2 rings (SSSR count). The molecule has 1 heterocycles. The SMILES string of the molecule is C#CCN(CC)S(=O)(=O)c1cccc2c1N=S=N2. The number of nitrogens with zero attached hydrogens (tertiary/aromatic N) is 3. The average Bonchev–Trinajstić information content (AvgIpc) is 2.83. The number of rotatable bonds is 4. The van der Waals surface area contributed by atoms with Crippen molar-refractivity contribution in [2.45, 2.75) is 11.8 Å². The van der Waals surface area contributed by atoms with Gasteiger partial charge in [-0.3, -0.25) is 0 Å². The Balaban J connectivity index is 2.53. The Morgan fingerprint density at radius 2 is 2.22 bits per heavy atom. The van der Waals surface area contributed by atoms with E-state index in [1.165, 1.54) is 10.4 Å². The molecule has 0 aromatic heterocycles. The molecule has 94 valence electrons. The highest BCUT2D eigenvalue weighted by Crippen LogP contribution is 2.38. The van der Waals surface area contributed by atoms with Crippen LogP contribution in [0.15, 0.2) is 31.8 Å². The van der Waals surface area contributed by atoms with Crippen molar-refractivity contribution in [2.75, 3.05) is 13.1 Å². The van der Waals surface area contributed by atoms with Crippen molar-refractivity contribution in [2.24, 2.45) is 8.73 Å². The van der Waals surface area contributed by atoms with E-state index >= 15 is 0 Å². The zero-order chi connectivity index (χ0) is 13.2. The van der Waals surface area contributed by atoms with Crippen LogP contribution in [0.5, 0.6) is 0 Å². The predicted molar refractivity (Wildman–Crippen MR) is 71.2 cm³/mol. The van der Waals surface area contributed by atoms with Crippen LogP contribution in [0.2, 0.25) is 0 Å². The predicted octanol–water partition coefficient (Wildman–Crippen LogP) is 2.06. The molecule has 0 saturated heterocycles. The third-order valence-corrected chi connectivity index (χ3v) is 4.98. The molecule has 0 amide bonds. The quantitative estimate of drug-likeness (QED) is 0.805. The van der Waals surface area contributed by atoms with E-state index in [1.54, 1.807) is 19.1 Å². The fourth-order valence-corrected chi connectivity index (χ4v) is 3.71. The van der Waals surface area contributed by atoms with E-state index in [9.17, 15) is 8.42 Å². The molecule has 0 bridgehead atoms. The van der Waals surface area contributed by atoms with Gasteiger partial charge in [-0.15, -0.1) is 6.42 Å². The third kappa shape index (κ3) is 2.10. The Morgan fingerprint density at radius 3 is 2.89 bits per heavy atom. The first kappa shape index (κ1) is 13.0. The molecule has 0 spiro atoms. The molecule has 1 aromatic carbocycles. The van der Waals surface area contributed by atoms with Crippen LogP contribution in [0.1, 0.15) is 6.92 Å². The van der Waals surface area contributed by atoms with Gasteiger partial charge in [0, 0.05) is 6.54 Å². The van der Waals surface area contributed by atoms with Gasteiger partial charge in [0.05, 0.1) is 17.9 Å². The summed E-state index contributed by atoms with van der Waals surface area (Å²) in [6.45, 7) is 2.11. The first-order valence-corrected chi connectivity index (χ1v) is 7.43. The van der Waals surface area contributed by atoms with Gasteiger partial charge in [-0.2, -0.15) is 13.0 Å². The number of benzene rings is 1. The van der Waals surface area contributed by atoms with Crippen LogP contribution in [-0.2, 0) is 21.4 Å². The molecule has 0 saturated carbocycles. The van der Waals surface area contributed by atoms with E-state index in [-0.39, 0.29) is 11.4 Å². The minimum Gasteiger partial charge on any atom is -0.207 e. The van der Waals surface area contributed by atoms with E-state index in [0.29, 0.717) is 17.9 Å². The molecule has 0 unspecified atom stereocenters. The molecule has 18 heavy (non-hydrogen) atoms. The van der Waals surface area contributed by atoms with Gasteiger partial charge in [0.1, 0.15) is 16.3 Å². The van der Waals surface area contributed by atoms with E-state index in [1.807, 2.05) is 0 Å². The van der Waals surface area contributed by atoms with Crippen LogP contribution in [0.25, 0.3) is 0 Å². The second-order valence-electron chi connectivity index (χ2n) is 3.52. The number of sulfonamides is 1. The molecular formula is C11H11N3O2S2. The molecule has 0 aliphatic carbocycles. The van der Waals surface area contributed by atoms with Crippen molar-refractivity contribution < 1.29 is 8.42 Å². The second-order valence-corrected chi connectivity index (χ2v) is 5.96. The molecule has 7 heteroatoms. The molecule has 0 radical (unpaired) electrons. The lowest BCUT2D eigenvalue weighted by atomic mass is 10.3. The molecule has 0 N–H and O–H groups in total. The fraction of sp³-hybridized carbons (Fsp3) is 0.273. The normalized spacial score (nSPS) is 13.2. The molecule has 5 nitrogen and oxygen atoms in total. The van der Waals surface area contributed by atoms with Gasteiger partial charge in [0.25, 0.3) is 0 Å². The van der Waals surface area contributed by atoms with Crippen LogP contribution in [0, 0.1) is 12.3 Å². The summed E-state index contributed by atoms with van der Waals surface area (Å²) in [5.74, 6) is 2.35. The van der Waals surface area contributed by atoms with E-state index < -0.39 is 10.0 Å². The minimum atomic E-state index is -3.61. The first-order valence-electron chi connectivity index (χ1n) is 5.26. The summed E-state index contributed by atoms with van der Waals surface area (Å²) < 4.78 is 34.2. The highest BCUT2D eigenvalue weighted by Gasteiger charge is 2.27. The van der Waals surface area contributed by atoms with Crippen molar-refractivity contribution in [1.29, 1.82) is 0 Å². The zero-order valence-corrected chi connectivity index (χ0v) is 11.3. The van der Waals surface area contributed by atoms with Gasteiger partial charge in [-0.05, 0) is 12.1 Å². The average molecular weight is 281 g/mol. The lowest BCUT2D eigenvalue weighted by Gasteiger charge is -2.18. The number of hydrogen-bond donors (Lipinski definition) is 0. The molecule has 1 aliphatic rings. The van der Waals surface area contributed by atoms with Gasteiger partial charge >= 0.3 is 0 Å². The van der Waals surface area contributed by atoms with Crippen LogP contribution in [-0.4, -0.2) is 25.8 Å². The van der Waals surface area contributed by atoms with E-state index in [2.05, 4.69) is 14.6 Å². The molecule has 0 atom stereocenters. The lowest BCUT2D eigenvalue weighted by Crippen LogP contribution is -2.31. The maximum Gasteiger partial charge on any atom is 0.246 e.